The Morgan fingerprint density at radius 1 is 1.41 bits per heavy atom. The highest BCUT2D eigenvalue weighted by Gasteiger charge is 2.14. The van der Waals surface area contributed by atoms with Gasteiger partial charge in [0.1, 0.15) is 5.69 Å². The van der Waals surface area contributed by atoms with Crippen LogP contribution in [0.15, 0.2) is 18.3 Å². The number of pyridine rings is 1. The van der Waals surface area contributed by atoms with Crippen LogP contribution in [0.2, 0.25) is 0 Å². The van der Waals surface area contributed by atoms with Crippen molar-refractivity contribution >= 4 is 11.7 Å². The van der Waals surface area contributed by atoms with E-state index in [-0.39, 0.29) is 5.69 Å². The van der Waals surface area contributed by atoms with Crippen LogP contribution >= 0.6 is 0 Å². The monoisotopic (exact) mass is 236 g/mol. The topological polar surface area (TPSA) is 68.7 Å². The summed E-state index contributed by atoms with van der Waals surface area (Å²) in [6.45, 7) is 3.84. The molecule has 1 saturated heterocycles. The Bertz CT molecular complexity index is 402. The zero-order valence-electron chi connectivity index (χ0n) is 9.76. The number of carbonyl (C=O) groups is 1. The SMILES string of the molecule is CN1CCN(Nc2ccnc(C(=O)O)c2)CC1. The first-order valence-corrected chi connectivity index (χ1v) is 5.54. The van der Waals surface area contributed by atoms with Crippen LogP contribution in [0.3, 0.4) is 0 Å². The van der Waals surface area contributed by atoms with Crippen molar-refractivity contribution in [1.82, 2.24) is 14.9 Å². The molecule has 2 N–H and O–H groups in total. The van der Waals surface area contributed by atoms with Gasteiger partial charge in [0.2, 0.25) is 0 Å². The van der Waals surface area contributed by atoms with Gasteiger partial charge < -0.3 is 15.4 Å². The van der Waals surface area contributed by atoms with Crippen molar-refractivity contribution in [2.75, 3.05) is 38.7 Å². The van der Waals surface area contributed by atoms with Gasteiger partial charge in [-0.2, -0.15) is 0 Å². The Morgan fingerprint density at radius 3 is 2.76 bits per heavy atom. The molecule has 0 aromatic carbocycles. The van der Waals surface area contributed by atoms with Crippen LogP contribution in [0.25, 0.3) is 0 Å². The van der Waals surface area contributed by atoms with E-state index in [4.69, 9.17) is 5.11 Å². The van der Waals surface area contributed by atoms with E-state index in [0.29, 0.717) is 0 Å². The third-order valence-corrected chi connectivity index (χ3v) is 2.77. The molecule has 2 heterocycles. The van der Waals surface area contributed by atoms with E-state index in [9.17, 15) is 4.79 Å². The number of hydrogen-bond acceptors (Lipinski definition) is 5. The Morgan fingerprint density at radius 2 is 2.12 bits per heavy atom. The first kappa shape index (κ1) is 11.8. The quantitative estimate of drug-likeness (QED) is 0.789. The molecule has 6 heteroatoms. The average Bonchev–Trinajstić information content (AvgIpc) is 2.32. The fraction of sp³-hybridized carbons (Fsp3) is 0.455. The highest BCUT2D eigenvalue weighted by Crippen LogP contribution is 2.10. The van der Waals surface area contributed by atoms with Crippen LogP contribution < -0.4 is 5.43 Å². The van der Waals surface area contributed by atoms with Crippen molar-refractivity contribution < 1.29 is 9.90 Å². The van der Waals surface area contributed by atoms with Gasteiger partial charge in [-0.15, -0.1) is 0 Å². The fourth-order valence-corrected chi connectivity index (χ4v) is 1.72. The summed E-state index contributed by atoms with van der Waals surface area (Å²) in [7, 11) is 2.09. The maximum absolute atomic E-state index is 10.8. The second kappa shape index (κ2) is 5.11. The minimum Gasteiger partial charge on any atom is -0.477 e. The van der Waals surface area contributed by atoms with Crippen LogP contribution in [0.5, 0.6) is 0 Å². The van der Waals surface area contributed by atoms with Crippen LogP contribution in [-0.2, 0) is 0 Å². The molecule has 2 rings (SSSR count). The highest BCUT2D eigenvalue weighted by atomic mass is 16.4. The van der Waals surface area contributed by atoms with Crippen molar-refractivity contribution in [2.24, 2.45) is 0 Å². The summed E-state index contributed by atoms with van der Waals surface area (Å²) in [5, 5.41) is 10.9. The number of nitrogens with one attached hydrogen (secondary N) is 1. The number of nitrogens with zero attached hydrogens (tertiary/aromatic N) is 3. The molecule has 1 aliphatic heterocycles. The van der Waals surface area contributed by atoms with E-state index in [0.717, 1.165) is 31.9 Å². The summed E-state index contributed by atoms with van der Waals surface area (Å²) in [4.78, 5) is 16.8. The largest absolute Gasteiger partial charge is 0.477 e. The molecule has 6 nitrogen and oxygen atoms in total. The Kier molecular flexibility index (Phi) is 3.55. The molecular formula is C11H16N4O2. The molecule has 0 unspecified atom stereocenters. The third-order valence-electron chi connectivity index (χ3n) is 2.77. The van der Waals surface area contributed by atoms with Gasteiger partial charge in [-0.1, -0.05) is 0 Å². The van der Waals surface area contributed by atoms with E-state index < -0.39 is 5.97 Å². The number of hydrogen-bond donors (Lipinski definition) is 2. The third kappa shape index (κ3) is 3.15. The molecule has 0 spiro atoms. The lowest BCUT2D eigenvalue weighted by molar-refractivity contribution is 0.0690. The number of likely N-dealkylation sites (N-methyl/N-ethyl adjacent to an activating group) is 1. The molecule has 0 aliphatic carbocycles. The number of carboxylic acids is 1. The Balaban J connectivity index is 1.98. The molecule has 1 aliphatic rings. The summed E-state index contributed by atoms with van der Waals surface area (Å²) >= 11 is 0. The molecule has 1 aromatic rings. The summed E-state index contributed by atoms with van der Waals surface area (Å²) in [5.74, 6) is -1.01. The van der Waals surface area contributed by atoms with Crippen molar-refractivity contribution in [2.45, 2.75) is 0 Å². The van der Waals surface area contributed by atoms with Crippen molar-refractivity contribution in [3.8, 4) is 0 Å². The number of aromatic nitrogens is 1. The fourth-order valence-electron chi connectivity index (χ4n) is 1.72. The molecular weight excluding hydrogens is 220 g/mol. The second-order valence-electron chi connectivity index (χ2n) is 4.14. The minimum absolute atomic E-state index is 0.0594. The first-order chi connectivity index (χ1) is 8.15. The molecule has 0 saturated carbocycles. The average molecular weight is 236 g/mol. The molecule has 1 fully saturated rings. The molecule has 0 amide bonds. The number of aromatic carboxylic acids is 1. The zero-order chi connectivity index (χ0) is 12.3. The predicted octanol–water partition coefficient (Wildman–Crippen LogP) is 0.354. The smallest absolute Gasteiger partial charge is 0.354 e. The van der Waals surface area contributed by atoms with Gasteiger partial charge in [0, 0.05) is 32.4 Å². The van der Waals surface area contributed by atoms with E-state index in [2.05, 4.69) is 27.4 Å². The van der Waals surface area contributed by atoms with Crippen LogP contribution in [0, 0.1) is 0 Å². The molecule has 17 heavy (non-hydrogen) atoms. The van der Waals surface area contributed by atoms with Crippen molar-refractivity contribution in [3.63, 3.8) is 0 Å². The summed E-state index contributed by atoms with van der Waals surface area (Å²) < 4.78 is 0. The maximum Gasteiger partial charge on any atom is 0.354 e. The first-order valence-electron chi connectivity index (χ1n) is 5.54. The van der Waals surface area contributed by atoms with Gasteiger partial charge in [-0.05, 0) is 19.2 Å². The lowest BCUT2D eigenvalue weighted by Crippen LogP contribution is -2.46. The molecule has 1 aromatic heterocycles. The van der Waals surface area contributed by atoms with Crippen molar-refractivity contribution in [3.05, 3.63) is 24.0 Å². The van der Waals surface area contributed by atoms with E-state index in [1.54, 1.807) is 12.1 Å². The molecule has 92 valence electrons. The predicted molar refractivity (Wildman–Crippen MR) is 63.9 cm³/mol. The van der Waals surface area contributed by atoms with Crippen LogP contribution in [-0.4, -0.2) is 59.2 Å². The van der Waals surface area contributed by atoms with E-state index >= 15 is 0 Å². The van der Waals surface area contributed by atoms with E-state index in [1.165, 1.54) is 6.20 Å². The standard InChI is InChI=1S/C11H16N4O2/c1-14-4-6-15(7-5-14)13-9-2-3-12-10(8-9)11(16)17/h2-3,8H,4-7H2,1H3,(H,12,13)(H,16,17). The van der Waals surface area contributed by atoms with Crippen LogP contribution in [0.4, 0.5) is 5.69 Å². The van der Waals surface area contributed by atoms with Gasteiger partial charge in [0.05, 0.1) is 5.69 Å². The Hall–Kier alpha value is -1.66. The van der Waals surface area contributed by atoms with Crippen molar-refractivity contribution in [1.29, 1.82) is 0 Å². The van der Waals surface area contributed by atoms with Gasteiger partial charge in [0.15, 0.2) is 0 Å². The van der Waals surface area contributed by atoms with E-state index in [1.807, 2.05) is 0 Å². The number of piperazine rings is 1. The maximum atomic E-state index is 10.8. The number of rotatable bonds is 3. The summed E-state index contributed by atoms with van der Waals surface area (Å²) in [6.07, 6.45) is 1.50. The lowest BCUT2D eigenvalue weighted by atomic mass is 10.3. The minimum atomic E-state index is -1.01. The van der Waals surface area contributed by atoms with Gasteiger partial charge in [-0.25, -0.2) is 14.8 Å². The Labute approximate surface area is 99.8 Å². The number of carboxylic acid groups (broad SMARTS) is 1. The normalized spacial score (nSPS) is 17.9. The summed E-state index contributed by atoms with van der Waals surface area (Å²) in [5.41, 5.74) is 4.03. The highest BCUT2D eigenvalue weighted by molar-refractivity contribution is 5.86. The molecule has 0 radical (unpaired) electrons. The lowest BCUT2D eigenvalue weighted by Gasteiger charge is -2.33. The van der Waals surface area contributed by atoms with Gasteiger partial charge in [-0.3, -0.25) is 0 Å². The number of hydrazine groups is 1. The summed E-state index contributed by atoms with van der Waals surface area (Å²) in [6, 6.07) is 3.31. The van der Waals surface area contributed by atoms with Gasteiger partial charge >= 0.3 is 5.97 Å². The van der Waals surface area contributed by atoms with Crippen LogP contribution in [0.1, 0.15) is 10.5 Å². The molecule has 0 bridgehead atoms. The zero-order valence-corrected chi connectivity index (χ0v) is 9.76. The number of anilines is 1. The van der Waals surface area contributed by atoms with Gasteiger partial charge in [0.25, 0.3) is 0 Å². The molecule has 0 atom stereocenters. The second-order valence-corrected chi connectivity index (χ2v) is 4.14.